The zero-order chi connectivity index (χ0) is 12.5. The highest BCUT2D eigenvalue weighted by Gasteiger charge is 2.36. The summed E-state index contributed by atoms with van der Waals surface area (Å²) >= 11 is 0. The van der Waals surface area contributed by atoms with E-state index in [0.717, 1.165) is 11.4 Å². The first-order valence-electron chi connectivity index (χ1n) is 5.31. The van der Waals surface area contributed by atoms with Gasteiger partial charge in [0.1, 0.15) is 0 Å². The molecular weight excluding hydrogens is 198 g/mol. The maximum atomic E-state index is 9.21. The second kappa shape index (κ2) is 4.02. The van der Waals surface area contributed by atoms with Crippen LogP contribution in [0, 0.1) is 34.0 Å². The van der Waals surface area contributed by atoms with E-state index < -0.39 is 0 Å². The Morgan fingerprint density at radius 1 is 1.00 bits per heavy atom. The fraction of sp³-hybridized carbons (Fsp3) is 0.538. The Labute approximate surface area is 97.1 Å². The molecule has 3 heteroatoms. The predicted molar refractivity (Wildman–Crippen MR) is 62.7 cm³/mol. The summed E-state index contributed by atoms with van der Waals surface area (Å²) in [5.41, 5.74) is 2.95. The van der Waals surface area contributed by atoms with E-state index in [9.17, 15) is 10.5 Å². The molecule has 1 N–H and O–H groups in total. The van der Waals surface area contributed by atoms with E-state index in [1.807, 2.05) is 13.8 Å². The van der Waals surface area contributed by atoms with E-state index in [2.05, 4.69) is 38.2 Å². The average molecular weight is 215 g/mol. The number of nitrogens with zero attached hydrogens (tertiary/aromatic N) is 2. The van der Waals surface area contributed by atoms with Gasteiger partial charge in [-0.05, 0) is 19.3 Å². The van der Waals surface area contributed by atoms with Crippen LogP contribution in [0.4, 0.5) is 0 Å². The third-order valence-electron chi connectivity index (χ3n) is 2.87. The van der Waals surface area contributed by atoms with Crippen LogP contribution in [0.15, 0.2) is 22.5 Å². The first-order valence-corrected chi connectivity index (χ1v) is 5.31. The molecule has 0 fully saturated rings. The van der Waals surface area contributed by atoms with Gasteiger partial charge in [-0.3, -0.25) is 0 Å². The van der Waals surface area contributed by atoms with Crippen LogP contribution in [-0.4, -0.2) is 0 Å². The van der Waals surface area contributed by atoms with Crippen molar-refractivity contribution in [3.63, 3.8) is 0 Å². The smallest absolute Gasteiger partial charge is 0.0972 e. The SMILES string of the molecule is CC1=C(C#N)C(C(C)(C)C)C(C#N)=C(C)N1. The molecular formula is C13H17N3. The molecule has 1 aliphatic rings. The Morgan fingerprint density at radius 3 is 1.62 bits per heavy atom. The summed E-state index contributed by atoms with van der Waals surface area (Å²) in [6.45, 7) is 9.93. The van der Waals surface area contributed by atoms with Crippen molar-refractivity contribution in [1.82, 2.24) is 5.32 Å². The highest BCUT2D eigenvalue weighted by atomic mass is 14.9. The fourth-order valence-electron chi connectivity index (χ4n) is 2.16. The van der Waals surface area contributed by atoms with Crippen molar-refractivity contribution in [2.24, 2.45) is 11.3 Å². The van der Waals surface area contributed by atoms with E-state index in [-0.39, 0.29) is 11.3 Å². The Balaban J connectivity index is 3.41. The minimum atomic E-state index is -0.124. The maximum Gasteiger partial charge on any atom is 0.0972 e. The molecule has 0 unspecified atom stereocenters. The van der Waals surface area contributed by atoms with E-state index in [1.165, 1.54) is 0 Å². The zero-order valence-electron chi connectivity index (χ0n) is 10.5. The molecule has 0 atom stereocenters. The van der Waals surface area contributed by atoms with Gasteiger partial charge in [0, 0.05) is 17.3 Å². The zero-order valence-corrected chi connectivity index (χ0v) is 10.5. The van der Waals surface area contributed by atoms with E-state index >= 15 is 0 Å². The summed E-state index contributed by atoms with van der Waals surface area (Å²) in [5, 5.41) is 21.5. The number of nitriles is 2. The Bertz CT molecular complexity index is 411. The van der Waals surface area contributed by atoms with Gasteiger partial charge in [-0.15, -0.1) is 0 Å². The van der Waals surface area contributed by atoms with Gasteiger partial charge in [-0.1, -0.05) is 20.8 Å². The Hall–Kier alpha value is -1.74. The van der Waals surface area contributed by atoms with Crippen LogP contribution in [0.5, 0.6) is 0 Å². The van der Waals surface area contributed by atoms with E-state index in [1.54, 1.807) is 0 Å². The molecule has 3 nitrogen and oxygen atoms in total. The van der Waals surface area contributed by atoms with Gasteiger partial charge < -0.3 is 5.32 Å². The fourth-order valence-corrected chi connectivity index (χ4v) is 2.16. The number of hydrogen-bond acceptors (Lipinski definition) is 3. The van der Waals surface area contributed by atoms with Crippen LogP contribution < -0.4 is 5.32 Å². The number of nitrogens with one attached hydrogen (secondary N) is 1. The lowest BCUT2D eigenvalue weighted by atomic mass is 9.70. The standard InChI is InChI=1S/C13H17N3/c1-8-10(6-14)12(13(3,4)5)11(7-15)9(2)16-8/h12,16H,1-5H3. The van der Waals surface area contributed by atoms with Crippen molar-refractivity contribution in [2.45, 2.75) is 34.6 Å². The van der Waals surface area contributed by atoms with E-state index in [4.69, 9.17) is 0 Å². The topological polar surface area (TPSA) is 59.6 Å². The van der Waals surface area contributed by atoms with Gasteiger partial charge in [0.2, 0.25) is 0 Å². The van der Waals surface area contributed by atoms with Gasteiger partial charge in [0.05, 0.1) is 23.3 Å². The number of allylic oxidation sites excluding steroid dienone is 4. The molecule has 0 aromatic rings. The molecule has 0 aliphatic carbocycles. The van der Waals surface area contributed by atoms with Crippen LogP contribution in [0.25, 0.3) is 0 Å². The third-order valence-corrected chi connectivity index (χ3v) is 2.87. The maximum absolute atomic E-state index is 9.21. The lowest BCUT2D eigenvalue weighted by Crippen LogP contribution is -2.32. The molecule has 0 aromatic carbocycles. The molecule has 1 aliphatic heterocycles. The molecule has 0 spiro atoms. The molecule has 84 valence electrons. The summed E-state index contributed by atoms with van der Waals surface area (Å²) in [4.78, 5) is 0. The normalized spacial score (nSPS) is 17.9. The van der Waals surface area contributed by atoms with Crippen molar-refractivity contribution >= 4 is 0 Å². The van der Waals surface area contributed by atoms with E-state index in [0.29, 0.717) is 11.1 Å². The van der Waals surface area contributed by atoms with Gasteiger partial charge in [-0.25, -0.2) is 0 Å². The summed E-state index contributed by atoms with van der Waals surface area (Å²) < 4.78 is 0. The second-order valence-corrected chi connectivity index (χ2v) is 5.22. The molecule has 1 heterocycles. The van der Waals surface area contributed by atoms with Crippen molar-refractivity contribution in [1.29, 1.82) is 10.5 Å². The van der Waals surface area contributed by atoms with Crippen LogP contribution in [0.3, 0.4) is 0 Å². The minimum Gasteiger partial charge on any atom is -0.361 e. The Kier molecular flexibility index (Phi) is 3.10. The van der Waals surface area contributed by atoms with Crippen molar-refractivity contribution in [3.8, 4) is 12.1 Å². The summed E-state index contributed by atoms with van der Waals surface area (Å²) in [7, 11) is 0. The monoisotopic (exact) mass is 215 g/mol. The van der Waals surface area contributed by atoms with Crippen molar-refractivity contribution in [3.05, 3.63) is 22.5 Å². The average Bonchev–Trinajstić information content (AvgIpc) is 2.15. The summed E-state index contributed by atoms with van der Waals surface area (Å²) in [6.07, 6.45) is 0. The van der Waals surface area contributed by atoms with Crippen LogP contribution in [-0.2, 0) is 0 Å². The Morgan fingerprint density at radius 2 is 1.38 bits per heavy atom. The van der Waals surface area contributed by atoms with Gasteiger partial charge in [-0.2, -0.15) is 10.5 Å². The van der Waals surface area contributed by atoms with Crippen LogP contribution >= 0.6 is 0 Å². The lowest BCUT2D eigenvalue weighted by Gasteiger charge is -2.35. The molecule has 0 saturated heterocycles. The molecule has 0 radical (unpaired) electrons. The first kappa shape index (κ1) is 12.3. The van der Waals surface area contributed by atoms with Gasteiger partial charge >= 0.3 is 0 Å². The molecule has 0 bridgehead atoms. The largest absolute Gasteiger partial charge is 0.361 e. The first-order chi connectivity index (χ1) is 7.32. The summed E-state index contributed by atoms with van der Waals surface area (Å²) in [5.74, 6) is -0.108. The van der Waals surface area contributed by atoms with Crippen molar-refractivity contribution < 1.29 is 0 Å². The molecule has 16 heavy (non-hydrogen) atoms. The number of rotatable bonds is 0. The highest BCUT2D eigenvalue weighted by molar-refractivity contribution is 5.47. The highest BCUT2D eigenvalue weighted by Crippen LogP contribution is 2.41. The van der Waals surface area contributed by atoms with Crippen molar-refractivity contribution in [2.75, 3.05) is 0 Å². The molecule has 0 aromatic heterocycles. The minimum absolute atomic E-state index is 0.108. The summed E-state index contributed by atoms with van der Waals surface area (Å²) in [6, 6.07) is 4.45. The number of dihydropyridines is 1. The van der Waals surface area contributed by atoms with Crippen LogP contribution in [0.2, 0.25) is 0 Å². The van der Waals surface area contributed by atoms with Gasteiger partial charge in [0.15, 0.2) is 0 Å². The molecule has 0 amide bonds. The predicted octanol–water partition coefficient (Wildman–Crippen LogP) is 2.85. The quantitative estimate of drug-likeness (QED) is 0.676. The second-order valence-electron chi connectivity index (χ2n) is 5.22. The number of hydrogen-bond donors (Lipinski definition) is 1. The van der Waals surface area contributed by atoms with Crippen LogP contribution in [0.1, 0.15) is 34.6 Å². The van der Waals surface area contributed by atoms with Gasteiger partial charge in [0.25, 0.3) is 0 Å². The molecule has 0 saturated carbocycles. The lowest BCUT2D eigenvalue weighted by molar-refractivity contribution is 0.319. The third kappa shape index (κ3) is 1.95. The molecule has 1 rings (SSSR count).